The number of hydrogen-bond donors (Lipinski definition) is 0. The van der Waals surface area contributed by atoms with Crippen LogP contribution in [0, 0.1) is 29.6 Å². The van der Waals surface area contributed by atoms with Crippen LogP contribution in [0.1, 0.15) is 44.1 Å². The van der Waals surface area contributed by atoms with Crippen molar-refractivity contribution in [2.45, 2.75) is 38.7 Å². The molecule has 25 heavy (non-hydrogen) atoms. The number of esters is 1. The minimum atomic E-state index is -2.90. The number of alkyl halides is 4. The first-order valence-corrected chi connectivity index (χ1v) is 7.70. The van der Waals surface area contributed by atoms with E-state index in [9.17, 15) is 22.4 Å². The molecule has 3 atom stereocenters. The van der Waals surface area contributed by atoms with Gasteiger partial charge in [0.1, 0.15) is 0 Å². The highest BCUT2D eigenvalue weighted by Gasteiger charge is 2.64. The van der Waals surface area contributed by atoms with Crippen molar-refractivity contribution in [2.75, 3.05) is 0 Å². The molecule has 7 heteroatoms. The van der Waals surface area contributed by atoms with E-state index in [1.54, 1.807) is 13.8 Å². The van der Waals surface area contributed by atoms with Crippen LogP contribution < -0.4 is 0 Å². The fourth-order valence-electron chi connectivity index (χ4n) is 3.13. The number of carbonyl (C=O) groups excluding carboxylic acids is 1. The molecule has 3 rings (SSSR count). The number of rotatable bonds is 5. The second kappa shape index (κ2) is 5.65. The number of furan rings is 1. The predicted octanol–water partition coefficient (Wildman–Crippen LogP) is 4.67. The number of ether oxygens (including phenoxy) is 1. The Hall–Kier alpha value is -2.23. The maximum atomic E-state index is 13.0. The molecule has 0 bridgehead atoms. The Balaban J connectivity index is 1.72. The van der Waals surface area contributed by atoms with Gasteiger partial charge in [-0.2, -0.15) is 0 Å². The minimum Gasteiger partial charge on any atom is -0.463 e. The van der Waals surface area contributed by atoms with Gasteiger partial charge in [-0.1, -0.05) is 25.8 Å². The fraction of sp³-hybridized carbons (Fsp3) is 0.500. The molecule has 1 heterocycles. The van der Waals surface area contributed by atoms with Crippen LogP contribution in [0.5, 0.6) is 0 Å². The molecular formula is C18H16F4O3. The zero-order valence-electron chi connectivity index (χ0n) is 13.6. The minimum absolute atomic E-state index is 0.0178. The molecule has 3 nitrogen and oxygen atoms in total. The zero-order chi connectivity index (χ0) is 18.6. The number of halogens is 4. The summed E-state index contributed by atoms with van der Waals surface area (Å²) < 4.78 is 61.7. The van der Waals surface area contributed by atoms with E-state index < -0.39 is 41.5 Å². The van der Waals surface area contributed by atoms with E-state index in [1.165, 1.54) is 12.1 Å². The van der Waals surface area contributed by atoms with Crippen LogP contribution in [-0.4, -0.2) is 11.9 Å². The third kappa shape index (κ3) is 3.06. The lowest BCUT2D eigenvalue weighted by Crippen LogP contribution is -2.15. The Labute approximate surface area is 142 Å². The van der Waals surface area contributed by atoms with Crippen molar-refractivity contribution in [3.63, 3.8) is 0 Å². The first-order valence-electron chi connectivity index (χ1n) is 7.70. The molecule has 0 spiro atoms. The van der Waals surface area contributed by atoms with Gasteiger partial charge in [-0.25, -0.2) is 17.6 Å². The smallest absolute Gasteiger partial charge is 0.311 e. The lowest BCUT2D eigenvalue weighted by molar-refractivity contribution is -0.149. The van der Waals surface area contributed by atoms with Crippen molar-refractivity contribution in [3.05, 3.63) is 35.3 Å². The number of allylic oxidation sites excluding steroid dienone is 2. The van der Waals surface area contributed by atoms with E-state index in [4.69, 9.17) is 11.2 Å². The van der Waals surface area contributed by atoms with Crippen molar-refractivity contribution in [2.24, 2.45) is 17.3 Å². The van der Waals surface area contributed by atoms with E-state index in [2.05, 4.69) is 10.3 Å². The Morgan fingerprint density at radius 1 is 1.48 bits per heavy atom. The second-order valence-corrected chi connectivity index (χ2v) is 6.92. The van der Waals surface area contributed by atoms with Crippen LogP contribution in [-0.2, 0) is 9.53 Å². The summed E-state index contributed by atoms with van der Waals surface area (Å²) >= 11 is 0. The van der Waals surface area contributed by atoms with Crippen molar-refractivity contribution in [1.29, 1.82) is 0 Å². The lowest BCUT2D eigenvalue weighted by atomic mass is 10.1. The molecule has 2 aliphatic carbocycles. The first-order chi connectivity index (χ1) is 11.6. The number of terminal acetylenes is 1. The SMILES string of the molecule is C#CC(OC(=O)C1C(C=C2CC2(F)F)C1(C)C)c1ccoc1C(F)F. The van der Waals surface area contributed by atoms with Gasteiger partial charge in [0.25, 0.3) is 12.3 Å². The van der Waals surface area contributed by atoms with Crippen LogP contribution in [0.4, 0.5) is 17.6 Å². The van der Waals surface area contributed by atoms with E-state index in [0.717, 1.165) is 6.26 Å². The van der Waals surface area contributed by atoms with Crippen LogP contribution in [0.25, 0.3) is 0 Å². The third-order valence-corrected chi connectivity index (χ3v) is 4.90. The standard InChI is InChI=1S/C18H16F4O3/c1-4-12(10-5-6-24-14(10)15(19)20)25-16(23)13-11(17(13,2)3)7-9-8-18(9,21)22/h1,5-7,11-13,15H,8H2,2-3H3. The first kappa shape index (κ1) is 17.6. The summed E-state index contributed by atoms with van der Waals surface area (Å²) in [5.74, 6) is -3.01. The Morgan fingerprint density at radius 2 is 2.12 bits per heavy atom. The van der Waals surface area contributed by atoms with Gasteiger partial charge in [-0.3, -0.25) is 4.79 Å². The molecule has 1 aromatic heterocycles. The molecule has 1 aromatic rings. The van der Waals surface area contributed by atoms with Crippen LogP contribution in [0.3, 0.4) is 0 Å². The maximum absolute atomic E-state index is 13.0. The molecular weight excluding hydrogens is 340 g/mol. The molecule has 2 aliphatic rings. The predicted molar refractivity (Wildman–Crippen MR) is 79.7 cm³/mol. The highest BCUT2D eigenvalue weighted by atomic mass is 19.3. The highest BCUT2D eigenvalue weighted by molar-refractivity contribution is 5.79. The van der Waals surface area contributed by atoms with Crippen molar-refractivity contribution < 1.29 is 31.5 Å². The molecule has 0 aliphatic heterocycles. The molecule has 0 aromatic carbocycles. The molecule has 2 fully saturated rings. The van der Waals surface area contributed by atoms with Gasteiger partial charge in [0.2, 0.25) is 0 Å². The van der Waals surface area contributed by atoms with Gasteiger partial charge in [0.05, 0.1) is 17.7 Å². The van der Waals surface area contributed by atoms with E-state index in [1.807, 2.05) is 0 Å². The summed E-state index contributed by atoms with van der Waals surface area (Å²) in [5, 5.41) is 0. The Bertz CT molecular complexity index is 770. The Morgan fingerprint density at radius 3 is 2.64 bits per heavy atom. The monoisotopic (exact) mass is 356 g/mol. The molecule has 134 valence electrons. The average Bonchev–Trinajstić information content (AvgIpc) is 3.16. The second-order valence-electron chi connectivity index (χ2n) is 6.92. The Kier molecular flexibility index (Phi) is 3.98. The normalized spacial score (nSPS) is 28.5. The summed E-state index contributed by atoms with van der Waals surface area (Å²) in [6, 6.07) is 1.22. The van der Waals surface area contributed by atoms with Gasteiger partial charge < -0.3 is 9.15 Å². The lowest BCUT2D eigenvalue weighted by Gasteiger charge is -2.13. The summed E-state index contributed by atoms with van der Waals surface area (Å²) in [7, 11) is 0. The van der Waals surface area contributed by atoms with E-state index in [0.29, 0.717) is 0 Å². The topological polar surface area (TPSA) is 39.4 Å². The molecule has 3 unspecified atom stereocenters. The van der Waals surface area contributed by atoms with Gasteiger partial charge in [0, 0.05) is 12.0 Å². The molecule has 0 saturated heterocycles. The van der Waals surface area contributed by atoms with Gasteiger partial charge >= 0.3 is 5.97 Å². The van der Waals surface area contributed by atoms with Crippen molar-refractivity contribution in [1.82, 2.24) is 0 Å². The van der Waals surface area contributed by atoms with Gasteiger partial charge in [-0.15, -0.1) is 6.42 Å². The highest BCUT2D eigenvalue weighted by Crippen LogP contribution is 2.62. The summed E-state index contributed by atoms with van der Waals surface area (Å²) in [5.41, 5.74) is -0.624. The average molecular weight is 356 g/mol. The van der Waals surface area contributed by atoms with Gasteiger partial charge in [-0.05, 0) is 17.4 Å². The maximum Gasteiger partial charge on any atom is 0.311 e. The van der Waals surface area contributed by atoms with Crippen molar-refractivity contribution in [3.8, 4) is 12.3 Å². The largest absolute Gasteiger partial charge is 0.463 e. The van der Waals surface area contributed by atoms with Crippen LogP contribution in [0.15, 0.2) is 28.4 Å². The summed E-state index contributed by atoms with van der Waals surface area (Å²) in [6.45, 7) is 3.52. The molecule has 0 radical (unpaired) electrons. The molecule has 2 saturated carbocycles. The number of hydrogen-bond acceptors (Lipinski definition) is 3. The van der Waals surface area contributed by atoms with Crippen LogP contribution >= 0.6 is 0 Å². The van der Waals surface area contributed by atoms with E-state index in [-0.39, 0.29) is 23.5 Å². The van der Waals surface area contributed by atoms with Crippen LogP contribution in [0.2, 0.25) is 0 Å². The third-order valence-electron chi connectivity index (χ3n) is 4.90. The zero-order valence-corrected chi connectivity index (χ0v) is 13.6. The summed E-state index contributed by atoms with van der Waals surface area (Å²) in [6.07, 6.45) is 3.26. The molecule has 0 amide bonds. The number of carbonyl (C=O) groups is 1. The van der Waals surface area contributed by atoms with E-state index >= 15 is 0 Å². The molecule has 0 N–H and O–H groups in total. The quantitative estimate of drug-likeness (QED) is 0.333. The van der Waals surface area contributed by atoms with Gasteiger partial charge in [0.15, 0.2) is 11.9 Å². The summed E-state index contributed by atoms with van der Waals surface area (Å²) in [4.78, 5) is 12.4. The van der Waals surface area contributed by atoms with Crippen molar-refractivity contribution >= 4 is 5.97 Å². The fourth-order valence-corrected chi connectivity index (χ4v) is 3.13.